The molecule has 0 aliphatic carbocycles. The van der Waals surface area contributed by atoms with E-state index in [0.717, 1.165) is 27.9 Å². The van der Waals surface area contributed by atoms with Crippen LogP contribution in [0.5, 0.6) is 0 Å². The quantitative estimate of drug-likeness (QED) is 0.486. The van der Waals surface area contributed by atoms with E-state index in [1.165, 1.54) is 0 Å². The van der Waals surface area contributed by atoms with Crippen molar-refractivity contribution in [3.8, 4) is 11.5 Å². The standard InChI is InChI=1S/C21H13ClN2O2/c22-15-7-10-19-18(11-15)23-20(26-19)13-5-8-16(9-6-13)24-12-14-3-1-2-4-17(14)21(24)25/h1-11H,12H2. The number of carbonyl (C=O) groups is 1. The van der Waals surface area contributed by atoms with Gasteiger partial charge in [0, 0.05) is 21.8 Å². The number of amides is 1. The lowest BCUT2D eigenvalue weighted by Crippen LogP contribution is -2.22. The van der Waals surface area contributed by atoms with E-state index in [4.69, 9.17) is 16.0 Å². The van der Waals surface area contributed by atoms with Crippen LogP contribution in [-0.2, 0) is 6.54 Å². The first kappa shape index (κ1) is 15.2. The van der Waals surface area contributed by atoms with Crippen molar-refractivity contribution in [3.63, 3.8) is 0 Å². The van der Waals surface area contributed by atoms with Crippen LogP contribution in [0.2, 0.25) is 5.02 Å². The lowest BCUT2D eigenvalue weighted by atomic mass is 10.1. The van der Waals surface area contributed by atoms with Crippen LogP contribution in [0.25, 0.3) is 22.6 Å². The molecule has 0 radical (unpaired) electrons. The number of benzene rings is 3. The van der Waals surface area contributed by atoms with Crippen molar-refractivity contribution in [2.75, 3.05) is 4.90 Å². The SMILES string of the molecule is O=C1c2ccccc2CN1c1ccc(-c2nc3cc(Cl)ccc3o2)cc1. The molecule has 0 spiro atoms. The molecule has 2 heterocycles. The molecule has 1 aromatic heterocycles. The van der Waals surface area contributed by atoms with Crippen molar-refractivity contribution >= 4 is 34.3 Å². The summed E-state index contributed by atoms with van der Waals surface area (Å²) in [5.41, 5.74) is 4.95. The van der Waals surface area contributed by atoms with Crippen molar-refractivity contribution in [1.29, 1.82) is 0 Å². The number of rotatable bonds is 2. The van der Waals surface area contributed by atoms with Gasteiger partial charge >= 0.3 is 0 Å². The minimum absolute atomic E-state index is 0.0323. The highest BCUT2D eigenvalue weighted by molar-refractivity contribution is 6.31. The van der Waals surface area contributed by atoms with Crippen molar-refractivity contribution in [2.24, 2.45) is 0 Å². The molecule has 0 bridgehead atoms. The number of fused-ring (bicyclic) bond motifs is 2. The Hall–Kier alpha value is -3.11. The van der Waals surface area contributed by atoms with Crippen molar-refractivity contribution in [1.82, 2.24) is 4.98 Å². The summed E-state index contributed by atoms with van der Waals surface area (Å²) in [5.74, 6) is 0.565. The topological polar surface area (TPSA) is 46.3 Å². The van der Waals surface area contributed by atoms with Crippen LogP contribution in [0, 0.1) is 0 Å². The van der Waals surface area contributed by atoms with E-state index in [-0.39, 0.29) is 5.91 Å². The Morgan fingerprint density at radius 2 is 1.81 bits per heavy atom. The number of carbonyl (C=O) groups excluding carboxylic acids is 1. The van der Waals surface area contributed by atoms with Gasteiger partial charge in [-0.05, 0) is 54.1 Å². The molecule has 0 atom stereocenters. The van der Waals surface area contributed by atoms with Gasteiger partial charge in [-0.2, -0.15) is 0 Å². The van der Waals surface area contributed by atoms with E-state index in [9.17, 15) is 4.79 Å². The van der Waals surface area contributed by atoms with Gasteiger partial charge in [-0.3, -0.25) is 4.79 Å². The molecule has 0 unspecified atom stereocenters. The summed E-state index contributed by atoms with van der Waals surface area (Å²) in [6, 6.07) is 20.7. The summed E-state index contributed by atoms with van der Waals surface area (Å²) in [6.45, 7) is 0.593. The number of halogens is 1. The lowest BCUT2D eigenvalue weighted by molar-refractivity contribution is 0.0996. The molecule has 1 amide bonds. The minimum Gasteiger partial charge on any atom is -0.436 e. The Morgan fingerprint density at radius 3 is 2.62 bits per heavy atom. The first-order valence-corrected chi connectivity index (χ1v) is 8.63. The maximum absolute atomic E-state index is 12.6. The molecule has 3 aromatic carbocycles. The van der Waals surface area contributed by atoms with Crippen LogP contribution in [0.1, 0.15) is 15.9 Å². The van der Waals surface area contributed by atoms with Crippen molar-refractivity contribution in [3.05, 3.63) is 82.9 Å². The third-order valence-electron chi connectivity index (χ3n) is 4.60. The molecule has 0 N–H and O–H groups in total. The Kier molecular flexibility index (Phi) is 3.33. The summed E-state index contributed by atoms with van der Waals surface area (Å²) in [4.78, 5) is 18.8. The van der Waals surface area contributed by atoms with Crippen LogP contribution >= 0.6 is 11.6 Å². The maximum Gasteiger partial charge on any atom is 0.258 e. The Bertz CT molecular complexity index is 1150. The van der Waals surface area contributed by atoms with E-state index in [1.807, 2.05) is 54.6 Å². The molecule has 0 saturated heterocycles. The average molecular weight is 361 g/mol. The number of aromatic nitrogens is 1. The van der Waals surface area contributed by atoms with E-state index < -0.39 is 0 Å². The molecule has 126 valence electrons. The van der Waals surface area contributed by atoms with Crippen LogP contribution in [0.4, 0.5) is 5.69 Å². The van der Waals surface area contributed by atoms with E-state index >= 15 is 0 Å². The van der Waals surface area contributed by atoms with Gasteiger partial charge in [0.2, 0.25) is 5.89 Å². The lowest BCUT2D eigenvalue weighted by Gasteiger charge is -2.15. The van der Waals surface area contributed by atoms with Crippen molar-refractivity contribution < 1.29 is 9.21 Å². The number of hydrogen-bond donors (Lipinski definition) is 0. The predicted molar refractivity (Wildman–Crippen MR) is 101 cm³/mol. The van der Waals surface area contributed by atoms with Gasteiger partial charge in [-0.15, -0.1) is 0 Å². The third kappa shape index (κ3) is 2.38. The van der Waals surface area contributed by atoms with Gasteiger partial charge in [0.1, 0.15) is 5.52 Å². The number of nitrogens with zero attached hydrogens (tertiary/aromatic N) is 2. The average Bonchev–Trinajstić information content (AvgIpc) is 3.23. The van der Waals surface area contributed by atoms with Crippen LogP contribution in [0.15, 0.2) is 71.1 Å². The molecule has 0 fully saturated rings. The van der Waals surface area contributed by atoms with Gasteiger partial charge in [-0.25, -0.2) is 4.98 Å². The smallest absolute Gasteiger partial charge is 0.258 e. The second-order valence-electron chi connectivity index (χ2n) is 6.23. The fraction of sp³-hybridized carbons (Fsp3) is 0.0476. The van der Waals surface area contributed by atoms with E-state index in [1.54, 1.807) is 17.0 Å². The second-order valence-corrected chi connectivity index (χ2v) is 6.66. The molecule has 5 heteroatoms. The minimum atomic E-state index is 0.0323. The molecule has 0 saturated carbocycles. The highest BCUT2D eigenvalue weighted by Gasteiger charge is 2.27. The highest BCUT2D eigenvalue weighted by Crippen LogP contribution is 2.31. The molecule has 5 rings (SSSR count). The van der Waals surface area contributed by atoms with Gasteiger partial charge < -0.3 is 9.32 Å². The summed E-state index contributed by atoms with van der Waals surface area (Å²) in [6.07, 6.45) is 0. The second kappa shape index (κ2) is 5.71. The van der Waals surface area contributed by atoms with Crippen LogP contribution < -0.4 is 4.90 Å². The number of oxazole rings is 1. The zero-order valence-electron chi connectivity index (χ0n) is 13.6. The van der Waals surface area contributed by atoms with E-state index in [2.05, 4.69) is 4.98 Å². The largest absolute Gasteiger partial charge is 0.436 e. The van der Waals surface area contributed by atoms with Gasteiger partial charge in [0.25, 0.3) is 5.91 Å². The first-order valence-electron chi connectivity index (χ1n) is 8.25. The molecular weight excluding hydrogens is 348 g/mol. The number of hydrogen-bond acceptors (Lipinski definition) is 3. The van der Waals surface area contributed by atoms with Gasteiger partial charge in [0.15, 0.2) is 5.58 Å². The van der Waals surface area contributed by atoms with Gasteiger partial charge in [0.05, 0.1) is 6.54 Å². The fourth-order valence-electron chi connectivity index (χ4n) is 3.27. The molecule has 26 heavy (non-hydrogen) atoms. The van der Waals surface area contributed by atoms with E-state index in [0.29, 0.717) is 23.0 Å². The maximum atomic E-state index is 12.6. The molecule has 1 aliphatic rings. The monoisotopic (exact) mass is 360 g/mol. The first-order chi connectivity index (χ1) is 12.7. The zero-order valence-corrected chi connectivity index (χ0v) is 14.4. The summed E-state index contributed by atoms with van der Waals surface area (Å²) in [5, 5.41) is 0.625. The Labute approximate surface area is 154 Å². The molecular formula is C21H13ClN2O2. The van der Waals surface area contributed by atoms with Gasteiger partial charge in [-0.1, -0.05) is 29.8 Å². The highest BCUT2D eigenvalue weighted by atomic mass is 35.5. The predicted octanol–water partition coefficient (Wildman–Crippen LogP) is 5.31. The Balaban J connectivity index is 1.47. The zero-order chi connectivity index (χ0) is 17.7. The molecule has 4 aromatic rings. The van der Waals surface area contributed by atoms with Crippen LogP contribution in [0.3, 0.4) is 0 Å². The number of anilines is 1. The van der Waals surface area contributed by atoms with Crippen LogP contribution in [-0.4, -0.2) is 10.9 Å². The summed E-state index contributed by atoms with van der Waals surface area (Å²) in [7, 11) is 0. The fourth-order valence-corrected chi connectivity index (χ4v) is 3.44. The molecule has 1 aliphatic heterocycles. The normalized spacial score (nSPS) is 13.4. The third-order valence-corrected chi connectivity index (χ3v) is 4.83. The molecule has 4 nitrogen and oxygen atoms in total. The Morgan fingerprint density at radius 1 is 1.00 bits per heavy atom. The summed E-state index contributed by atoms with van der Waals surface area (Å²) >= 11 is 6.00. The summed E-state index contributed by atoms with van der Waals surface area (Å²) < 4.78 is 5.80. The van der Waals surface area contributed by atoms with Crippen molar-refractivity contribution in [2.45, 2.75) is 6.54 Å².